The van der Waals surface area contributed by atoms with Gasteiger partial charge in [0.15, 0.2) is 6.19 Å². The number of nitrogens with zero attached hydrogens (tertiary/aromatic N) is 3. The summed E-state index contributed by atoms with van der Waals surface area (Å²) in [6.07, 6.45) is 3.90. The third kappa shape index (κ3) is 1.96. The molecule has 3 nitrogen and oxygen atoms in total. The fourth-order valence-corrected chi connectivity index (χ4v) is 2.19. The number of hydrogen-bond acceptors (Lipinski definition) is 4. The molecule has 0 aliphatic carbocycles. The fourth-order valence-electron chi connectivity index (χ4n) is 1.28. The maximum atomic E-state index is 8.69. The predicted molar refractivity (Wildman–Crippen MR) is 59.0 cm³/mol. The van der Waals surface area contributed by atoms with Gasteiger partial charge in [-0.2, -0.15) is 10.5 Å². The minimum Gasteiger partial charge on any atom is -0.275 e. The molecule has 0 N–H and O–H groups in total. The predicted octanol–water partition coefficient (Wildman–Crippen LogP) is 2.34. The zero-order valence-electron chi connectivity index (χ0n) is 7.84. The second-order valence-corrected chi connectivity index (χ2v) is 4.01. The van der Waals surface area contributed by atoms with E-state index >= 15 is 0 Å². The van der Waals surface area contributed by atoms with Crippen LogP contribution in [0.25, 0.3) is 4.91 Å². The van der Waals surface area contributed by atoms with Gasteiger partial charge in [0.1, 0.15) is 0 Å². The van der Waals surface area contributed by atoms with Crippen LogP contribution in [-0.4, -0.2) is 10.8 Å². The Morgan fingerprint density at radius 3 is 2.47 bits per heavy atom. The summed E-state index contributed by atoms with van der Waals surface area (Å²) in [5.41, 5.74) is 1.70. The van der Waals surface area contributed by atoms with Gasteiger partial charge < -0.3 is 0 Å². The van der Waals surface area contributed by atoms with Crippen molar-refractivity contribution in [3.05, 3.63) is 41.6 Å². The van der Waals surface area contributed by atoms with E-state index in [4.69, 9.17) is 10.5 Å². The van der Waals surface area contributed by atoms with Crippen LogP contribution in [0.1, 0.15) is 11.1 Å². The van der Waals surface area contributed by atoms with Gasteiger partial charge in [0.05, 0.1) is 17.5 Å². The van der Waals surface area contributed by atoms with E-state index in [1.165, 1.54) is 0 Å². The fraction of sp³-hybridized carbons (Fsp3) is 0.0909. The first-order valence-electron chi connectivity index (χ1n) is 4.35. The van der Waals surface area contributed by atoms with Crippen molar-refractivity contribution in [3.8, 4) is 12.3 Å². The van der Waals surface area contributed by atoms with Gasteiger partial charge in [0, 0.05) is 11.1 Å². The smallest absolute Gasteiger partial charge is 0.184 e. The molecule has 0 radical (unpaired) electrons. The van der Waals surface area contributed by atoms with Crippen LogP contribution in [-0.2, 0) is 0 Å². The standard InChI is InChI=1S/C11H7N3S/c12-5-9-1-3-10(4-2-9)11-6-14(7-13)8-15-11/h1-4,6H,8H2. The summed E-state index contributed by atoms with van der Waals surface area (Å²) < 4.78 is 0. The molecule has 1 aromatic rings. The second-order valence-electron chi connectivity index (χ2n) is 3.03. The Morgan fingerprint density at radius 1 is 1.20 bits per heavy atom. The van der Waals surface area contributed by atoms with Gasteiger partial charge in [-0.1, -0.05) is 12.1 Å². The molecular formula is C11H7N3S. The van der Waals surface area contributed by atoms with Crippen molar-refractivity contribution in [2.45, 2.75) is 0 Å². The summed E-state index contributed by atoms with van der Waals surface area (Å²) >= 11 is 1.62. The van der Waals surface area contributed by atoms with E-state index in [9.17, 15) is 0 Å². The number of thioether (sulfide) groups is 1. The molecule has 1 aromatic carbocycles. The minimum absolute atomic E-state index is 0.652. The maximum absolute atomic E-state index is 8.69. The van der Waals surface area contributed by atoms with E-state index in [0.717, 1.165) is 10.5 Å². The Bertz CT molecular complexity index is 476. The molecule has 15 heavy (non-hydrogen) atoms. The lowest BCUT2D eigenvalue weighted by atomic mass is 10.1. The first-order valence-corrected chi connectivity index (χ1v) is 5.33. The van der Waals surface area contributed by atoms with E-state index < -0.39 is 0 Å². The second kappa shape index (κ2) is 4.08. The summed E-state index contributed by atoms with van der Waals surface area (Å²) in [6, 6.07) is 9.44. The molecule has 0 amide bonds. The molecule has 0 bridgehead atoms. The van der Waals surface area contributed by atoms with Gasteiger partial charge in [0.25, 0.3) is 0 Å². The maximum Gasteiger partial charge on any atom is 0.184 e. The highest BCUT2D eigenvalue weighted by molar-refractivity contribution is 8.08. The van der Waals surface area contributed by atoms with Crippen LogP contribution in [0.3, 0.4) is 0 Å². The summed E-state index contributed by atoms with van der Waals surface area (Å²) in [6.45, 7) is 0. The van der Waals surface area contributed by atoms with E-state index in [2.05, 4.69) is 12.3 Å². The normalized spacial score (nSPS) is 14.3. The minimum atomic E-state index is 0.652. The molecule has 2 rings (SSSR count). The van der Waals surface area contributed by atoms with Gasteiger partial charge >= 0.3 is 0 Å². The third-order valence-electron chi connectivity index (χ3n) is 2.06. The SMILES string of the molecule is N#Cc1ccc(C2=CN(C#N)CS2)cc1. The lowest BCUT2D eigenvalue weighted by Crippen LogP contribution is -2.02. The zero-order valence-corrected chi connectivity index (χ0v) is 8.66. The molecule has 0 saturated heterocycles. The average Bonchev–Trinajstić information content (AvgIpc) is 2.78. The van der Waals surface area contributed by atoms with Gasteiger partial charge in [-0.3, -0.25) is 4.90 Å². The van der Waals surface area contributed by atoms with Gasteiger partial charge in [-0.15, -0.1) is 11.8 Å². The molecule has 1 aliphatic heterocycles. The molecule has 0 saturated carbocycles. The van der Waals surface area contributed by atoms with Gasteiger partial charge in [-0.25, -0.2) is 0 Å². The summed E-state index contributed by atoms with van der Waals surface area (Å²) in [7, 11) is 0. The third-order valence-corrected chi connectivity index (χ3v) is 3.12. The summed E-state index contributed by atoms with van der Waals surface area (Å²) in [5, 5.41) is 17.3. The highest BCUT2D eigenvalue weighted by atomic mass is 32.2. The first kappa shape index (κ1) is 9.64. The van der Waals surface area contributed by atoms with Crippen LogP contribution in [0.5, 0.6) is 0 Å². The number of nitriles is 2. The molecule has 0 fully saturated rings. The lowest BCUT2D eigenvalue weighted by molar-refractivity contribution is 0.636. The van der Waals surface area contributed by atoms with E-state index in [1.54, 1.807) is 28.8 Å². The largest absolute Gasteiger partial charge is 0.275 e. The average molecular weight is 213 g/mol. The van der Waals surface area contributed by atoms with E-state index in [0.29, 0.717) is 11.4 Å². The molecule has 4 heteroatoms. The zero-order chi connectivity index (χ0) is 10.7. The first-order chi connectivity index (χ1) is 7.33. The summed E-state index contributed by atoms with van der Waals surface area (Å²) in [5.74, 6) is 0.672. The molecule has 0 atom stereocenters. The molecule has 1 aliphatic rings. The van der Waals surface area contributed by atoms with Crippen LogP contribution in [0, 0.1) is 22.8 Å². The molecular weight excluding hydrogens is 206 g/mol. The monoisotopic (exact) mass is 213 g/mol. The highest BCUT2D eigenvalue weighted by Gasteiger charge is 2.13. The van der Waals surface area contributed by atoms with Crippen LogP contribution >= 0.6 is 11.8 Å². The van der Waals surface area contributed by atoms with Crippen molar-refractivity contribution in [1.29, 1.82) is 10.5 Å². The van der Waals surface area contributed by atoms with Crippen molar-refractivity contribution in [2.75, 3.05) is 5.88 Å². The van der Waals surface area contributed by atoms with Crippen LogP contribution in [0.4, 0.5) is 0 Å². The summed E-state index contributed by atoms with van der Waals surface area (Å²) in [4.78, 5) is 2.65. The molecule has 72 valence electrons. The van der Waals surface area contributed by atoms with Crippen molar-refractivity contribution >= 4 is 16.7 Å². The van der Waals surface area contributed by atoms with Crippen molar-refractivity contribution in [2.24, 2.45) is 0 Å². The Kier molecular flexibility index (Phi) is 2.62. The topological polar surface area (TPSA) is 50.8 Å². The Hall–Kier alpha value is -1.91. The number of hydrogen-bond donors (Lipinski definition) is 0. The van der Waals surface area contributed by atoms with E-state index in [-0.39, 0.29) is 0 Å². The van der Waals surface area contributed by atoms with Crippen molar-refractivity contribution in [1.82, 2.24) is 4.90 Å². The Balaban J connectivity index is 2.25. The van der Waals surface area contributed by atoms with Crippen molar-refractivity contribution in [3.63, 3.8) is 0 Å². The van der Waals surface area contributed by atoms with Crippen LogP contribution < -0.4 is 0 Å². The van der Waals surface area contributed by atoms with Crippen LogP contribution in [0.15, 0.2) is 30.5 Å². The molecule has 0 aromatic heterocycles. The van der Waals surface area contributed by atoms with E-state index in [1.807, 2.05) is 18.3 Å². The Morgan fingerprint density at radius 2 is 1.93 bits per heavy atom. The number of benzene rings is 1. The van der Waals surface area contributed by atoms with Gasteiger partial charge in [0.2, 0.25) is 0 Å². The highest BCUT2D eigenvalue weighted by Crippen LogP contribution is 2.33. The Labute approximate surface area is 92.2 Å². The molecule has 1 heterocycles. The van der Waals surface area contributed by atoms with Crippen molar-refractivity contribution < 1.29 is 0 Å². The van der Waals surface area contributed by atoms with Crippen LogP contribution in [0.2, 0.25) is 0 Å². The quantitative estimate of drug-likeness (QED) is 0.672. The molecule has 0 spiro atoms. The number of rotatable bonds is 1. The lowest BCUT2D eigenvalue weighted by Gasteiger charge is -1.98. The molecule has 0 unspecified atom stereocenters. The van der Waals surface area contributed by atoms with Gasteiger partial charge in [-0.05, 0) is 17.7 Å².